The van der Waals surface area contributed by atoms with Gasteiger partial charge in [-0.15, -0.1) is 0 Å². The monoisotopic (exact) mass is 371 g/mol. The van der Waals surface area contributed by atoms with Crippen LogP contribution in [-0.4, -0.2) is 28.7 Å². The van der Waals surface area contributed by atoms with Gasteiger partial charge in [-0.25, -0.2) is 22.0 Å². The summed E-state index contributed by atoms with van der Waals surface area (Å²) in [6.45, 7) is 0.128. The van der Waals surface area contributed by atoms with E-state index in [0.717, 1.165) is 11.3 Å². The number of rotatable bonds is 4. The topological polar surface area (TPSA) is 20.3 Å². The van der Waals surface area contributed by atoms with Crippen molar-refractivity contribution in [2.24, 2.45) is 0 Å². The Labute approximate surface area is 126 Å². The third kappa shape index (κ3) is 2.77. The van der Waals surface area contributed by atoms with Gasteiger partial charge in [-0.1, -0.05) is 15.9 Å². The van der Waals surface area contributed by atoms with Gasteiger partial charge in [0.15, 0.2) is 23.3 Å². The van der Waals surface area contributed by atoms with Crippen LogP contribution in [0.5, 0.6) is 0 Å². The molecule has 0 aromatic heterocycles. The summed E-state index contributed by atoms with van der Waals surface area (Å²) in [7, 11) is 0. The van der Waals surface area contributed by atoms with Crippen molar-refractivity contribution in [1.82, 2.24) is 4.90 Å². The fraction of sp³-hybridized carbons (Fsp3) is 0.462. The largest absolute Gasteiger partial charge is 0.335 e. The zero-order valence-electron chi connectivity index (χ0n) is 10.7. The standard InChI is InChI=1S/C13H11BrF5NO/c14-4-5-20(6-2-1-3-6)13(21)7-8(15)10(17)12(19)11(18)9(7)16/h6H,1-5H2. The average Bonchev–Trinajstić information content (AvgIpc) is 2.40. The minimum Gasteiger partial charge on any atom is -0.335 e. The molecule has 0 spiro atoms. The number of alkyl halides is 1. The van der Waals surface area contributed by atoms with Gasteiger partial charge in [-0.05, 0) is 19.3 Å². The molecule has 1 fully saturated rings. The predicted octanol–water partition coefficient (Wildman–Crippen LogP) is 3.77. The maximum Gasteiger partial charge on any atom is 0.260 e. The maximum absolute atomic E-state index is 13.7. The molecule has 2 rings (SSSR count). The van der Waals surface area contributed by atoms with Crippen molar-refractivity contribution in [3.05, 3.63) is 34.6 Å². The minimum absolute atomic E-state index is 0.128. The zero-order chi connectivity index (χ0) is 15.7. The minimum atomic E-state index is -2.27. The van der Waals surface area contributed by atoms with Crippen molar-refractivity contribution in [1.29, 1.82) is 0 Å². The van der Waals surface area contributed by atoms with Crippen molar-refractivity contribution in [3.63, 3.8) is 0 Å². The van der Waals surface area contributed by atoms with E-state index in [1.54, 1.807) is 0 Å². The summed E-state index contributed by atoms with van der Waals surface area (Å²) in [4.78, 5) is 13.3. The molecule has 0 saturated heterocycles. The summed E-state index contributed by atoms with van der Waals surface area (Å²) >= 11 is 3.10. The molecule has 0 atom stereocenters. The first-order valence-electron chi connectivity index (χ1n) is 6.28. The number of halogens is 6. The average molecular weight is 372 g/mol. The van der Waals surface area contributed by atoms with Crippen molar-refractivity contribution < 1.29 is 26.7 Å². The van der Waals surface area contributed by atoms with E-state index in [9.17, 15) is 26.7 Å². The molecular formula is C13H11BrF5NO. The molecule has 1 aromatic carbocycles. The molecule has 1 aliphatic carbocycles. The maximum atomic E-state index is 13.7. The van der Waals surface area contributed by atoms with Gasteiger partial charge >= 0.3 is 0 Å². The van der Waals surface area contributed by atoms with Crippen molar-refractivity contribution in [2.45, 2.75) is 25.3 Å². The van der Waals surface area contributed by atoms with E-state index in [2.05, 4.69) is 15.9 Å². The molecule has 1 aromatic rings. The Bertz CT molecular complexity index is 547. The van der Waals surface area contributed by atoms with E-state index in [4.69, 9.17) is 0 Å². The fourth-order valence-electron chi connectivity index (χ4n) is 2.18. The molecule has 1 amide bonds. The first-order chi connectivity index (χ1) is 9.90. The summed E-state index contributed by atoms with van der Waals surface area (Å²) in [6, 6.07) is -0.231. The van der Waals surface area contributed by atoms with E-state index in [1.165, 1.54) is 0 Å². The van der Waals surface area contributed by atoms with Gasteiger partial charge in [-0.3, -0.25) is 4.79 Å². The Hall–Kier alpha value is -1.18. The molecule has 0 radical (unpaired) electrons. The molecule has 0 N–H and O–H groups in total. The summed E-state index contributed by atoms with van der Waals surface area (Å²) in [5.74, 6) is -11.8. The van der Waals surface area contributed by atoms with Crippen molar-refractivity contribution >= 4 is 21.8 Å². The number of hydrogen-bond donors (Lipinski definition) is 0. The van der Waals surface area contributed by atoms with Gasteiger partial charge in [0.2, 0.25) is 5.82 Å². The number of hydrogen-bond acceptors (Lipinski definition) is 1. The number of carbonyl (C=O) groups excluding carboxylic acids is 1. The fourth-order valence-corrected chi connectivity index (χ4v) is 2.56. The van der Waals surface area contributed by atoms with E-state index in [0.29, 0.717) is 18.2 Å². The molecule has 8 heteroatoms. The van der Waals surface area contributed by atoms with Crippen LogP contribution in [-0.2, 0) is 0 Å². The van der Waals surface area contributed by atoms with Gasteiger partial charge in [0.1, 0.15) is 5.56 Å². The van der Waals surface area contributed by atoms with Crippen molar-refractivity contribution in [2.75, 3.05) is 11.9 Å². The molecule has 0 bridgehead atoms. The van der Waals surface area contributed by atoms with E-state index in [-0.39, 0.29) is 12.6 Å². The SMILES string of the molecule is O=C(c1c(F)c(F)c(F)c(F)c1F)N(CCBr)C1CCC1. The second kappa shape index (κ2) is 6.29. The quantitative estimate of drug-likeness (QED) is 0.341. The Morgan fingerprint density at radius 2 is 1.48 bits per heavy atom. The van der Waals surface area contributed by atoms with Crippen LogP contribution in [0.2, 0.25) is 0 Å². The lowest BCUT2D eigenvalue weighted by Gasteiger charge is -2.37. The molecule has 1 aliphatic rings. The summed E-state index contributed by atoms with van der Waals surface area (Å²) < 4.78 is 66.6. The van der Waals surface area contributed by atoms with Crippen LogP contribution in [0.3, 0.4) is 0 Å². The number of benzene rings is 1. The highest BCUT2D eigenvalue weighted by atomic mass is 79.9. The number of nitrogens with zero attached hydrogens (tertiary/aromatic N) is 1. The van der Waals surface area contributed by atoms with Gasteiger partial charge < -0.3 is 4.90 Å². The molecule has 2 nitrogen and oxygen atoms in total. The van der Waals surface area contributed by atoms with Crippen LogP contribution in [0.25, 0.3) is 0 Å². The van der Waals surface area contributed by atoms with E-state index >= 15 is 0 Å². The summed E-state index contributed by atoms with van der Waals surface area (Å²) in [5, 5.41) is 0.338. The smallest absolute Gasteiger partial charge is 0.260 e. The van der Waals surface area contributed by atoms with Crippen molar-refractivity contribution in [3.8, 4) is 0 Å². The van der Waals surface area contributed by atoms with Crippen LogP contribution in [0.4, 0.5) is 22.0 Å². The lowest BCUT2D eigenvalue weighted by molar-refractivity contribution is 0.0586. The molecule has 21 heavy (non-hydrogen) atoms. The first kappa shape index (κ1) is 16.2. The highest BCUT2D eigenvalue weighted by molar-refractivity contribution is 9.09. The predicted molar refractivity (Wildman–Crippen MR) is 68.7 cm³/mol. The van der Waals surface area contributed by atoms with Gasteiger partial charge in [0.05, 0.1) is 0 Å². The summed E-state index contributed by atoms with van der Waals surface area (Å²) in [5.41, 5.74) is -1.39. The third-order valence-electron chi connectivity index (χ3n) is 3.53. The normalized spacial score (nSPS) is 15.0. The Morgan fingerprint density at radius 3 is 1.86 bits per heavy atom. The molecule has 0 aliphatic heterocycles. The third-order valence-corrected chi connectivity index (χ3v) is 3.88. The number of amides is 1. The number of carbonyl (C=O) groups is 1. The Balaban J connectivity index is 2.46. The first-order valence-corrected chi connectivity index (χ1v) is 7.40. The molecule has 0 unspecified atom stereocenters. The van der Waals surface area contributed by atoms with Crippen LogP contribution in [0, 0.1) is 29.1 Å². The molecular weight excluding hydrogens is 361 g/mol. The Morgan fingerprint density at radius 1 is 1.00 bits per heavy atom. The second-order valence-electron chi connectivity index (χ2n) is 4.72. The molecule has 1 saturated carbocycles. The van der Waals surface area contributed by atoms with Crippen LogP contribution < -0.4 is 0 Å². The lowest BCUT2D eigenvalue weighted by atomic mass is 9.91. The van der Waals surface area contributed by atoms with Crippen LogP contribution in [0.1, 0.15) is 29.6 Å². The molecule has 116 valence electrons. The Kier molecular flexibility index (Phi) is 4.85. The lowest BCUT2D eigenvalue weighted by Crippen LogP contribution is -2.46. The second-order valence-corrected chi connectivity index (χ2v) is 5.51. The van der Waals surface area contributed by atoms with Crippen LogP contribution in [0.15, 0.2) is 0 Å². The zero-order valence-corrected chi connectivity index (χ0v) is 12.3. The van der Waals surface area contributed by atoms with E-state index < -0.39 is 40.6 Å². The van der Waals surface area contributed by atoms with Gasteiger partial charge in [-0.2, -0.15) is 0 Å². The van der Waals surface area contributed by atoms with Crippen LogP contribution >= 0.6 is 15.9 Å². The molecule has 0 heterocycles. The highest BCUT2D eigenvalue weighted by Gasteiger charge is 2.35. The summed E-state index contributed by atoms with van der Waals surface area (Å²) in [6.07, 6.45) is 2.15. The van der Waals surface area contributed by atoms with Gasteiger partial charge in [0, 0.05) is 17.9 Å². The van der Waals surface area contributed by atoms with E-state index in [1.807, 2.05) is 0 Å². The highest BCUT2D eigenvalue weighted by Crippen LogP contribution is 2.29. The van der Waals surface area contributed by atoms with Gasteiger partial charge in [0.25, 0.3) is 5.91 Å².